The summed E-state index contributed by atoms with van der Waals surface area (Å²) in [5.41, 5.74) is 4.40. The van der Waals surface area contributed by atoms with Crippen LogP contribution in [-0.2, 0) is 5.54 Å². The number of nitrogens with one attached hydrogen (secondary N) is 1. The van der Waals surface area contributed by atoms with E-state index in [1.165, 1.54) is 24.0 Å². The molecule has 5 heteroatoms. The van der Waals surface area contributed by atoms with Gasteiger partial charge in [-0.25, -0.2) is 0 Å². The molecule has 1 N–H and O–H groups in total. The summed E-state index contributed by atoms with van der Waals surface area (Å²) in [6.45, 7) is 4.22. The lowest BCUT2D eigenvalue weighted by atomic mass is 9.95. The molecule has 4 rings (SSSR count). The molecule has 5 nitrogen and oxygen atoms in total. The van der Waals surface area contributed by atoms with Gasteiger partial charge >= 0.3 is 0 Å². The molecule has 1 aromatic heterocycles. The maximum atomic E-state index is 4.43. The van der Waals surface area contributed by atoms with Gasteiger partial charge in [-0.1, -0.05) is 48.7 Å². The van der Waals surface area contributed by atoms with Crippen LogP contribution in [0.4, 0.5) is 5.69 Å². The van der Waals surface area contributed by atoms with Crippen LogP contribution in [0.1, 0.15) is 42.6 Å². The Morgan fingerprint density at radius 2 is 1.68 bits per heavy atom. The third-order valence-electron chi connectivity index (χ3n) is 5.15. The van der Waals surface area contributed by atoms with E-state index in [-0.39, 0.29) is 5.54 Å². The van der Waals surface area contributed by atoms with E-state index >= 15 is 0 Å². The van der Waals surface area contributed by atoms with Crippen LogP contribution in [-0.4, -0.2) is 20.2 Å². The number of rotatable bonds is 4. The Kier molecular flexibility index (Phi) is 3.99. The minimum absolute atomic E-state index is 0.222. The van der Waals surface area contributed by atoms with E-state index in [0.717, 1.165) is 30.0 Å². The highest BCUT2D eigenvalue weighted by atomic mass is 15.6. The van der Waals surface area contributed by atoms with Gasteiger partial charge in [0.2, 0.25) is 0 Å². The fourth-order valence-corrected chi connectivity index (χ4v) is 3.70. The van der Waals surface area contributed by atoms with Crippen molar-refractivity contribution >= 4 is 5.69 Å². The third kappa shape index (κ3) is 2.90. The Balaban J connectivity index is 1.76. The number of tetrazole rings is 1. The molecule has 0 amide bonds. The van der Waals surface area contributed by atoms with Gasteiger partial charge in [0, 0.05) is 5.69 Å². The number of benzene rings is 2. The fourth-order valence-electron chi connectivity index (χ4n) is 3.70. The molecule has 1 fully saturated rings. The number of hydrogen-bond acceptors (Lipinski definition) is 4. The van der Waals surface area contributed by atoms with Crippen molar-refractivity contribution in [3.63, 3.8) is 0 Å². The van der Waals surface area contributed by atoms with Crippen LogP contribution in [0.15, 0.2) is 48.5 Å². The second-order valence-electron chi connectivity index (χ2n) is 6.98. The highest BCUT2D eigenvalue weighted by molar-refractivity contribution is 5.53. The van der Waals surface area contributed by atoms with Crippen molar-refractivity contribution in [1.82, 2.24) is 20.2 Å². The SMILES string of the molecule is Cc1ccc(-n2nnnc2C2(Nc3ccccc3C)CCCC2)cc1. The standard InChI is InChI=1S/C20H23N5/c1-15-9-11-17(12-10-15)25-19(22-23-24-25)20(13-5-6-14-20)21-18-8-4-3-7-16(18)2/h3-4,7-12,21H,5-6,13-14H2,1-2H3. The average molecular weight is 333 g/mol. The molecule has 0 unspecified atom stereocenters. The first kappa shape index (κ1) is 15.8. The summed E-state index contributed by atoms with van der Waals surface area (Å²) in [4.78, 5) is 0. The number of hydrogen-bond donors (Lipinski definition) is 1. The van der Waals surface area contributed by atoms with Gasteiger partial charge < -0.3 is 5.32 Å². The van der Waals surface area contributed by atoms with Gasteiger partial charge in [-0.2, -0.15) is 4.68 Å². The van der Waals surface area contributed by atoms with E-state index in [0.29, 0.717) is 0 Å². The number of para-hydroxylation sites is 1. The normalized spacial score (nSPS) is 16.1. The molecule has 0 aliphatic heterocycles. The number of aromatic nitrogens is 4. The number of nitrogens with zero attached hydrogens (tertiary/aromatic N) is 4. The van der Waals surface area contributed by atoms with Crippen molar-refractivity contribution in [1.29, 1.82) is 0 Å². The second kappa shape index (κ2) is 6.31. The van der Waals surface area contributed by atoms with E-state index in [9.17, 15) is 0 Å². The van der Waals surface area contributed by atoms with Crippen LogP contribution >= 0.6 is 0 Å². The van der Waals surface area contributed by atoms with Crippen LogP contribution in [0, 0.1) is 13.8 Å². The monoisotopic (exact) mass is 333 g/mol. The molecule has 2 aromatic carbocycles. The van der Waals surface area contributed by atoms with Crippen molar-refractivity contribution in [3.8, 4) is 5.69 Å². The van der Waals surface area contributed by atoms with E-state index in [1.807, 2.05) is 4.68 Å². The molecular weight excluding hydrogens is 310 g/mol. The average Bonchev–Trinajstić information content (AvgIpc) is 3.28. The van der Waals surface area contributed by atoms with E-state index in [4.69, 9.17) is 0 Å². The Bertz CT molecular complexity index is 860. The van der Waals surface area contributed by atoms with Gasteiger partial charge in [0.05, 0.1) is 11.2 Å². The molecule has 1 aliphatic rings. The molecule has 0 radical (unpaired) electrons. The summed E-state index contributed by atoms with van der Waals surface area (Å²) in [5, 5.41) is 16.5. The highest BCUT2D eigenvalue weighted by Crippen LogP contribution is 2.41. The van der Waals surface area contributed by atoms with Crippen LogP contribution in [0.5, 0.6) is 0 Å². The molecule has 25 heavy (non-hydrogen) atoms. The molecule has 0 atom stereocenters. The lowest BCUT2D eigenvalue weighted by molar-refractivity contribution is 0.461. The van der Waals surface area contributed by atoms with E-state index < -0.39 is 0 Å². The lowest BCUT2D eigenvalue weighted by Crippen LogP contribution is -2.35. The molecule has 1 heterocycles. The molecule has 3 aromatic rings. The van der Waals surface area contributed by atoms with E-state index in [1.54, 1.807) is 0 Å². The third-order valence-corrected chi connectivity index (χ3v) is 5.15. The van der Waals surface area contributed by atoms with Crippen LogP contribution in [0.25, 0.3) is 5.69 Å². The first-order chi connectivity index (χ1) is 12.2. The second-order valence-corrected chi connectivity index (χ2v) is 6.98. The van der Waals surface area contributed by atoms with Crippen molar-refractivity contribution in [2.24, 2.45) is 0 Å². The van der Waals surface area contributed by atoms with E-state index in [2.05, 4.69) is 83.2 Å². The minimum Gasteiger partial charge on any atom is -0.372 e. The number of aryl methyl sites for hydroxylation is 2. The first-order valence-electron chi connectivity index (χ1n) is 8.88. The van der Waals surface area contributed by atoms with Crippen molar-refractivity contribution in [3.05, 3.63) is 65.5 Å². The molecule has 128 valence electrons. The zero-order chi connectivity index (χ0) is 17.3. The summed E-state index contributed by atoms with van der Waals surface area (Å²) >= 11 is 0. The maximum Gasteiger partial charge on any atom is 0.181 e. The van der Waals surface area contributed by atoms with Crippen LogP contribution < -0.4 is 5.32 Å². The molecular formula is C20H23N5. The molecule has 0 bridgehead atoms. The summed E-state index contributed by atoms with van der Waals surface area (Å²) in [6, 6.07) is 16.7. The molecule has 0 saturated heterocycles. The fraction of sp³-hybridized carbons (Fsp3) is 0.350. The first-order valence-corrected chi connectivity index (χ1v) is 8.88. The highest BCUT2D eigenvalue weighted by Gasteiger charge is 2.41. The maximum absolute atomic E-state index is 4.43. The number of anilines is 1. The zero-order valence-electron chi connectivity index (χ0n) is 14.7. The Morgan fingerprint density at radius 1 is 0.960 bits per heavy atom. The van der Waals surface area contributed by atoms with Gasteiger partial charge in [-0.3, -0.25) is 0 Å². The minimum atomic E-state index is -0.222. The smallest absolute Gasteiger partial charge is 0.181 e. The summed E-state index contributed by atoms with van der Waals surface area (Å²) in [6.07, 6.45) is 4.43. The quantitative estimate of drug-likeness (QED) is 0.779. The Labute approximate surface area is 148 Å². The lowest BCUT2D eigenvalue weighted by Gasteiger charge is -2.31. The summed E-state index contributed by atoms with van der Waals surface area (Å²) in [7, 11) is 0. The van der Waals surface area contributed by atoms with Gasteiger partial charge in [0.15, 0.2) is 5.82 Å². The Morgan fingerprint density at radius 3 is 2.40 bits per heavy atom. The van der Waals surface area contributed by atoms with Gasteiger partial charge in [0.25, 0.3) is 0 Å². The Hall–Kier alpha value is -2.69. The van der Waals surface area contributed by atoms with Crippen molar-refractivity contribution < 1.29 is 0 Å². The summed E-state index contributed by atoms with van der Waals surface area (Å²) < 4.78 is 1.88. The van der Waals surface area contributed by atoms with Crippen LogP contribution in [0.3, 0.4) is 0 Å². The predicted octanol–water partition coefficient (Wildman–Crippen LogP) is 4.16. The van der Waals surface area contributed by atoms with Crippen LogP contribution in [0.2, 0.25) is 0 Å². The predicted molar refractivity (Wildman–Crippen MR) is 98.8 cm³/mol. The molecule has 1 aliphatic carbocycles. The molecule has 0 spiro atoms. The summed E-state index contributed by atoms with van der Waals surface area (Å²) in [5.74, 6) is 0.900. The van der Waals surface area contributed by atoms with Crippen molar-refractivity contribution in [2.45, 2.75) is 45.1 Å². The van der Waals surface area contributed by atoms with Gasteiger partial charge in [-0.05, 0) is 60.9 Å². The topological polar surface area (TPSA) is 55.6 Å². The molecule has 1 saturated carbocycles. The van der Waals surface area contributed by atoms with Crippen molar-refractivity contribution in [2.75, 3.05) is 5.32 Å². The van der Waals surface area contributed by atoms with Gasteiger partial charge in [-0.15, -0.1) is 5.10 Å². The zero-order valence-corrected chi connectivity index (χ0v) is 14.7. The largest absolute Gasteiger partial charge is 0.372 e. The van der Waals surface area contributed by atoms with Gasteiger partial charge in [0.1, 0.15) is 0 Å².